The Labute approximate surface area is 132 Å². The lowest BCUT2D eigenvalue weighted by molar-refractivity contribution is 0.0753. The number of carbonyl (C=O) groups excluding carboxylic acids is 1. The van der Waals surface area contributed by atoms with Crippen molar-refractivity contribution < 1.29 is 4.79 Å². The monoisotopic (exact) mass is 308 g/mol. The first-order valence-corrected chi connectivity index (χ1v) is 8.84. The third-order valence-corrected chi connectivity index (χ3v) is 5.65. The summed E-state index contributed by atoms with van der Waals surface area (Å²) in [6, 6.07) is 0. The Morgan fingerprint density at radius 3 is 2.81 bits per heavy atom. The second-order valence-electron chi connectivity index (χ2n) is 6.74. The molecule has 1 heterocycles. The summed E-state index contributed by atoms with van der Waals surface area (Å²) in [5.41, 5.74) is 0.651. The second-order valence-corrected chi connectivity index (χ2v) is 7.15. The molecule has 3 atom stereocenters. The van der Waals surface area contributed by atoms with Gasteiger partial charge in [0.25, 0.3) is 0 Å². The van der Waals surface area contributed by atoms with Gasteiger partial charge in [0.2, 0.25) is 0 Å². The third-order valence-electron chi connectivity index (χ3n) is 5.37. The molecule has 4 heteroatoms. The molecule has 1 aromatic heterocycles. The normalized spacial score (nSPS) is 29.1. The predicted molar refractivity (Wildman–Crippen MR) is 84.6 cm³/mol. The summed E-state index contributed by atoms with van der Waals surface area (Å²) in [5, 5.41) is 4.79. The average molecular weight is 309 g/mol. The Bertz CT molecular complexity index is 511. The molecule has 0 aromatic carbocycles. The molecule has 0 saturated heterocycles. The van der Waals surface area contributed by atoms with E-state index in [2.05, 4.69) is 12.0 Å². The van der Waals surface area contributed by atoms with Gasteiger partial charge in [-0.3, -0.25) is 9.48 Å². The first kappa shape index (κ1) is 15.1. The Kier molecular flexibility index (Phi) is 4.68. The molecule has 116 valence electrons. The molecule has 0 radical (unpaired) electrons. The standard InChI is InChI=1S/C17H25ClN2O/c1-2-9-20-16(15(18)11-19-20)17(21)14-8-7-12-5-3-4-6-13(12)10-14/h11-14H,2-10H2,1H3. The SMILES string of the molecule is CCCn1ncc(Cl)c1C(=O)C1CCC2CCCCC2C1. The van der Waals surface area contributed by atoms with E-state index in [-0.39, 0.29) is 11.7 Å². The van der Waals surface area contributed by atoms with E-state index in [0.29, 0.717) is 10.7 Å². The number of aromatic nitrogens is 2. The molecule has 3 rings (SSSR count). The van der Waals surface area contributed by atoms with Gasteiger partial charge in [-0.2, -0.15) is 5.10 Å². The number of aryl methyl sites for hydroxylation is 1. The van der Waals surface area contributed by atoms with E-state index in [9.17, 15) is 4.79 Å². The van der Waals surface area contributed by atoms with Crippen LogP contribution in [-0.2, 0) is 6.54 Å². The average Bonchev–Trinajstić information content (AvgIpc) is 2.87. The molecule has 3 nitrogen and oxygen atoms in total. The summed E-state index contributed by atoms with van der Waals surface area (Å²) < 4.78 is 1.80. The highest BCUT2D eigenvalue weighted by molar-refractivity contribution is 6.33. The quantitative estimate of drug-likeness (QED) is 0.753. The summed E-state index contributed by atoms with van der Waals surface area (Å²) >= 11 is 6.23. The fraction of sp³-hybridized carbons (Fsp3) is 0.765. The van der Waals surface area contributed by atoms with Crippen LogP contribution in [0.25, 0.3) is 0 Å². The van der Waals surface area contributed by atoms with Crippen LogP contribution in [-0.4, -0.2) is 15.6 Å². The van der Waals surface area contributed by atoms with E-state index < -0.39 is 0 Å². The van der Waals surface area contributed by atoms with E-state index >= 15 is 0 Å². The lowest BCUT2D eigenvalue weighted by Crippen LogP contribution is -2.32. The topological polar surface area (TPSA) is 34.9 Å². The van der Waals surface area contributed by atoms with Gasteiger partial charge in [0.15, 0.2) is 5.78 Å². The molecule has 2 aliphatic rings. The van der Waals surface area contributed by atoms with E-state index in [1.807, 2.05) is 0 Å². The number of carbonyl (C=O) groups is 1. The second kappa shape index (κ2) is 6.51. The first-order valence-electron chi connectivity index (χ1n) is 8.46. The highest BCUT2D eigenvalue weighted by Gasteiger charge is 2.36. The van der Waals surface area contributed by atoms with Gasteiger partial charge in [0.05, 0.1) is 11.2 Å². The summed E-state index contributed by atoms with van der Waals surface area (Å²) in [5.74, 6) is 2.03. The minimum absolute atomic E-state index is 0.161. The smallest absolute Gasteiger partial charge is 0.185 e. The largest absolute Gasteiger partial charge is 0.292 e. The Morgan fingerprint density at radius 1 is 1.29 bits per heavy atom. The summed E-state index contributed by atoms with van der Waals surface area (Å²) in [7, 11) is 0. The number of halogens is 1. The van der Waals surface area contributed by atoms with Gasteiger partial charge in [0.1, 0.15) is 5.69 Å². The van der Waals surface area contributed by atoms with E-state index in [4.69, 9.17) is 11.6 Å². The lowest BCUT2D eigenvalue weighted by Gasteiger charge is -2.38. The van der Waals surface area contributed by atoms with E-state index in [1.165, 1.54) is 32.1 Å². The van der Waals surface area contributed by atoms with Crippen molar-refractivity contribution in [2.45, 2.75) is 64.8 Å². The number of Topliss-reactive ketones (excluding diaryl/α,β-unsaturated/α-hetero) is 1. The highest BCUT2D eigenvalue weighted by atomic mass is 35.5. The van der Waals surface area contributed by atoms with Crippen LogP contribution >= 0.6 is 11.6 Å². The van der Waals surface area contributed by atoms with Crippen LogP contribution in [0.15, 0.2) is 6.20 Å². The number of hydrogen-bond donors (Lipinski definition) is 0. The van der Waals surface area contributed by atoms with Crippen molar-refractivity contribution in [2.75, 3.05) is 0 Å². The maximum Gasteiger partial charge on any atom is 0.185 e. The van der Waals surface area contributed by atoms with Crippen molar-refractivity contribution in [1.82, 2.24) is 9.78 Å². The molecule has 2 saturated carbocycles. The molecule has 1 aromatic rings. The molecule has 0 aliphatic heterocycles. The van der Waals surface area contributed by atoms with Crippen molar-refractivity contribution in [1.29, 1.82) is 0 Å². The van der Waals surface area contributed by atoms with Crippen molar-refractivity contribution in [3.63, 3.8) is 0 Å². The molecule has 0 amide bonds. The summed E-state index contributed by atoms with van der Waals surface area (Å²) in [4.78, 5) is 12.9. The fourth-order valence-electron chi connectivity index (χ4n) is 4.29. The van der Waals surface area contributed by atoms with Crippen LogP contribution in [0.3, 0.4) is 0 Å². The van der Waals surface area contributed by atoms with Crippen molar-refractivity contribution in [3.8, 4) is 0 Å². The minimum Gasteiger partial charge on any atom is -0.292 e. The van der Waals surface area contributed by atoms with Gasteiger partial charge in [-0.25, -0.2) is 0 Å². The van der Waals surface area contributed by atoms with Gasteiger partial charge in [-0.15, -0.1) is 0 Å². The van der Waals surface area contributed by atoms with Gasteiger partial charge in [-0.05, 0) is 37.5 Å². The molecule has 0 N–H and O–H groups in total. The van der Waals surface area contributed by atoms with Gasteiger partial charge in [0, 0.05) is 12.5 Å². The summed E-state index contributed by atoms with van der Waals surface area (Å²) in [6.45, 7) is 2.86. The molecular weight excluding hydrogens is 284 g/mol. The predicted octanol–water partition coefficient (Wildman–Crippen LogP) is 4.74. The molecule has 2 aliphatic carbocycles. The molecule has 21 heavy (non-hydrogen) atoms. The van der Waals surface area contributed by atoms with Crippen LogP contribution < -0.4 is 0 Å². The van der Waals surface area contributed by atoms with Crippen molar-refractivity contribution in [3.05, 3.63) is 16.9 Å². The highest BCUT2D eigenvalue weighted by Crippen LogP contribution is 2.43. The maximum atomic E-state index is 12.9. The van der Waals surface area contributed by atoms with Crippen LogP contribution in [0.2, 0.25) is 5.02 Å². The van der Waals surface area contributed by atoms with Gasteiger partial charge in [-0.1, -0.05) is 44.2 Å². The number of rotatable bonds is 4. The number of hydrogen-bond acceptors (Lipinski definition) is 2. The van der Waals surface area contributed by atoms with Crippen LogP contribution in [0, 0.1) is 17.8 Å². The van der Waals surface area contributed by atoms with Gasteiger partial charge >= 0.3 is 0 Å². The maximum absolute atomic E-state index is 12.9. The van der Waals surface area contributed by atoms with E-state index in [0.717, 1.165) is 37.6 Å². The molecule has 0 spiro atoms. The molecular formula is C17H25ClN2O. The van der Waals surface area contributed by atoms with E-state index in [1.54, 1.807) is 10.9 Å². The van der Waals surface area contributed by atoms with Crippen LogP contribution in [0.5, 0.6) is 0 Å². The Hall–Kier alpha value is -0.830. The molecule has 0 bridgehead atoms. The minimum atomic E-state index is 0.161. The Morgan fingerprint density at radius 2 is 2.05 bits per heavy atom. The Balaban J connectivity index is 1.75. The van der Waals surface area contributed by atoms with Crippen molar-refractivity contribution >= 4 is 17.4 Å². The third kappa shape index (κ3) is 3.03. The van der Waals surface area contributed by atoms with Crippen LogP contribution in [0.1, 0.15) is 68.8 Å². The number of fused-ring (bicyclic) bond motifs is 1. The molecule has 2 fully saturated rings. The number of ketones is 1. The molecule has 3 unspecified atom stereocenters. The zero-order valence-corrected chi connectivity index (χ0v) is 13.6. The zero-order valence-electron chi connectivity index (χ0n) is 12.9. The first-order chi connectivity index (χ1) is 10.2. The zero-order chi connectivity index (χ0) is 14.8. The summed E-state index contributed by atoms with van der Waals surface area (Å²) in [6.07, 6.45) is 11.3. The van der Waals surface area contributed by atoms with Crippen LogP contribution in [0.4, 0.5) is 0 Å². The van der Waals surface area contributed by atoms with Crippen molar-refractivity contribution in [2.24, 2.45) is 17.8 Å². The number of nitrogens with zero attached hydrogens (tertiary/aromatic N) is 2. The van der Waals surface area contributed by atoms with Gasteiger partial charge < -0.3 is 0 Å². The lowest BCUT2D eigenvalue weighted by atomic mass is 9.66. The fourth-order valence-corrected chi connectivity index (χ4v) is 4.53.